The third-order valence-electron chi connectivity index (χ3n) is 5.19. The smallest absolute Gasteiger partial charge is 0.324 e. The minimum absolute atomic E-state index is 0.0215. The number of aromatic nitrogens is 1. The SMILES string of the molecule is N#CC(=C1CCN(C(=O)N2CCc3cccnc32)CC1)c1ccc(F)cc1. The molecule has 136 valence electrons. The second-order valence-corrected chi connectivity index (χ2v) is 6.75. The number of carbonyl (C=O) groups excluding carboxylic acids is 1. The van der Waals surface area contributed by atoms with Crippen LogP contribution in [0.2, 0.25) is 0 Å². The Labute approximate surface area is 157 Å². The first-order chi connectivity index (χ1) is 13.2. The number of benzene rings is 1. The van der Waals surface area contributed by atoms with E-state index in [4.69, 9.17) is 0 Å². The van der Waals surface area contributed by atoms with E-state index in [1.54, 1.807) is 23.2 Å². The highest BCUT2D eigenvalue weighted by Crippen LogP contribution is 2.30. The molecule has 2 aliphatic rings. The van der Waals surface area contributed by atoms with Gasteiger partial charge in [0.2, 0.25) is 0 Å². The molecule has 3 heterocycles. The van der Waals surface area contributed by atoms with Crippen molar-refractivity contribution in [1.82, 2.24) is 9.88 Å². The van der Waals surface area contributed by atoms with Crippen molar-refractivity contribution in [3.63, 3.8) is 0 Å². The summed E-state index contributed by atoms with van der Waals surface area (Å²) in [5.74, 6) is 0.439. The van der Waals surface area contributed by atoms with Gasteiger partial charge in [0.1, 0.15) is 11.6 Å². The molecular formula is C21H19FN4O. The molecule has 6 heteroatoms. The van der Waals surface area contributed by atoms with Gasteiger partial charge in [-0.3, -0.25) is 4.90 Å². The Balaban J connectivity index is 1.48. The molecule has 0 aliphatic carbocycles. The van der Waals surface area contributed by atoms with E-state index in [0.717, 1.165) is 28.9 Å². The number of urea groups is 1. The molecule has 0 spiro atoms. The lowest BCUT2D eigenvalue weighted by Gasteiger charge is -2.32. The first-order valence-electron chi connectivity index (χ1n) is 9.06. The molecule has 2 aromatic rings. The van der Waals surface area contributed by atoms with Crippen LogP contribution in [0.3, 0.4) is 0 Å². The summed E-state index contributed by atoms with van der Waals surface area (Å²) < 4.78 is 13.1. The summed E-state index contributed by atoms with van der Waals surface area (Å²) in [5, 5.41) is 9.56. The normalized spacial score (nSPS) is 16.1. The molecule has 5 nitrogen and oxygen atoms in total. The van der Waals surface area contributed by atoms with Gasteiger partial charge in [-0.05, 0) is 54.2 Å². The Morgan fingerprint density at radius 3 is 2.52 bits per heavy atom. The van der Waals surface area contributed by atoms with Crippen LogP contribution in [0, 0.1) is 17.1 Å². The summed E-state index contributed by atoms with van der Waals surface area (Å²) >= 11 is 0. The predicted molar refractivity (Wildman–Crippen MR) is 100 cm³/mol. The van der Waals surface area contributed by atoms with E-state index in [1.807, 2.05) is 17.0 Å². The molecule has 0 radical (unpaired) electrons. The minimum atomic E-state index is -0.319. The van der Waals surface area contributed by atoms with Crippen LogP contribution in [0.4, 0.5) is 15.0 Å². The Morgan fingerprint density at radius 2 is 1.81 bits per heavy atom. The van der Waals surface area contributed by atoms with Crippen molar-refractivity contribution < 1.29 is 9.18 Å². The maximum Gasteiger partial charge on any atom is 0.325 e. The van der Waals surface area contributed by atoms with Crippen molar-refractivity contribution in [3.05, 3.63) is 65.1 Å². The average molecular weight is 362 g/mol. The molecule has 27 heavy (non-hydrogen) atoms. The van der Waals surface area contributed by atoms with E-state index in [1.165, 1.54) is 12.1 Å². The molecule has 2 aliphatic heterocycles. The second kappa shape index (κ2) is 7.20. The molecule has 4 rings (SSSR count). The summed E-state index contributed by atoms with van der Waals surface area (Å²) in [6, 6.07) is 12.1. The highest BCUT2D eigenvalue weighted by Gasteiger charge is 2.31. The van der Waals surface area contributed by atoms with E-state index < -0.39 is 0 Å². The van der Waals surface area contributed by atoms with Crippen LogP contribution < -0.4 is 4.90 Å². The number of allylic oxidation sites excluding steroid dienone is 1. The van der Waals surface area contributed by atoms with E-state index in [2.05, 4.69) is 11.1 Å². The third kappa shape index (κ3) is 3.28. The fourth-order valence-electron chi connectivity index (χ4n) is 3.75. The number of halogens is 1. The van der Waals surface area contributed by atoms with Gasteiger partial charge >= 0.3 is 6.03 Å². The van der Waals surface area contributed by atoms with Crippen molar-refractivity contribution in [2.75, 3.05) is 24.5 Å². The van der Waals surface area contributed by atoms with Gasteiger partial charge in [-0.1, -0.05) is 18.2 Å². The number of nitriles is 1. The van der Waals surface area contributed by atoms with Crippen molar-refractivity contribution in [1.29, 1.82) is 5.26 Å². The lowest BCUT2D eigenvalue weighted by atomic mass is 9.94. The molecule has 2 amide bonds. The van der Waals surface area contributed by atoms with Crippen LogP contribution in [-0.2, 0) is 6.42 Å². The van der Waals surface area contributed by atoms with Crippen LogP contribution in [0.1, 0.15) is 24.0 Å². The first-order valence-corrected chi connectivity index (χ1v) is 9.06. The summed E-state index contributed by atoms with van der Waals surface area (Å²) in [6.07, 6.45) is 3.84. The second-order valence-electron chi connectivity index (χ2n) is 6.75. The summed E-state index contributed by atoms with van der Waals surface area (Å²) in [4.78, 5) is 20.8. The van der Waals surface area contributed by atoms with Crippen LogP contribution in [0.15, 0.2) is 48.2 Å². The maximum atomic E-state index is 13.1. The van der Waals surface area contributed by atoms with Gasteiger partial charge in [-0.25, -0.2) is 14.2 Å². The molecule has 0 atom stereocenters. The van der Waals surface area contributed by atoms with Gasteiger partial charge in [-0.15, -0.1) is 0 Å². The Bertz CT molecular complexity index is 935. The standard InChI is InChI=1S/C21H19FN4O/c22-18-5-3-15(4-6-18)19(14-23)16-7-11-25(12-8-16)21(27)26-13-9-17-2-1-10-24-20(17)26/h1-6,10H,7-9,11-13H2. The molecule has 1 aromatic heterocycles. The zero-order valence-electron chi connectivity index (χ0n) is 14.9. The molecule has 0 N–H and O–H groups in total. The lowest BCUT2D eigenvalue weighted by Crippen LogP contribution is -2.45. The third-order valence-corrected chi connectivity index (χ3v) is 5.19. The number of pyridine rings is 1. The number of amides is 2. The van der Waals surface area contributed by atoms with Crippen molar-refractivity contribution >= 4 is 17.4 Å². The molecule has 1 saturated heterocycles. The summed E-state index contributed by atoms with van der Waals surface area (Å²) in [7, 11) is 0. The zero-order chi connectivity index (χ0) is 18.8. The Hall–Kier alpha value is -3.20. The Morgan fingerprint density at radius 1 is 1.07 bits per heavy atom. The molecule has 1 aromatic carbocycles. The number of fused-ring (bicyclic) bond motifs is 1. The van der Waals surface area contributed by atoms with Crippen molar-refractivity contribution in [2.24, 2.45) is 0 Å². The highest BCUT2D eigenvalue weighted by atomic mass is 19.1. The van der Waals surface area contributed by atoms with Crippen molar-refractivity contribution in [3.8, 4) is 6.07 Å². The molecule has 0 bridgehead atoms. The number of piperidine rings is 1. The fraction of sp³-hybridized carbons (Fsp3) is 0.286. The van der Waals surface area contributed by atoms with E-state index in [-0.39, 0.29) is 11.8 Å². The number of hydrogen-bond donors (Lipinski definition) is 0. The fourth-order valence-corrected chi connectivity index (χ4v) is 3.75. The van der Waals surface area contributed by atoms with Crippen LogP contribution >= 0.6 is 0 Å². The number of carbonyl (C=O) groups is 1. The summed E-state index contributed by atoms with van der Waals surface area (Å²) in [6.45, 7) is 1.79. The predicted octanol–water partition coefficient (Wildman–Crippen LogP) is 3.78. The molecule has 0 saturated carbocycles. The average Bonchev–Trinajstić information content (AvgIpc) is 3.14. The zero-order valence-corrected chi connectivity index (χ0v) is 14.9. The van der Waals surface area contributed by atoms with E-state index in [0.29, 0.717) is 38.0 Å². The number of likely N-dealkylation sites (tertiary alicyclic amines) is 1. The minimum Gasteiger partial charge on any atom is -0.324 e. The monoisotopic (exact) mass is 362 g/mol. The molecule has 1 fully saturated rings. The lowest BCUT2D eigenvalue weighted by molar-refractivity contribution is 0.201. The quantitative estimate of drug-likeness (QED) is 0.726. The van der Waals surface area contributed by atoms with Crippen LogP contribution in [-0.4, -0.2) is 35.5 Å². The van der Waals surface area contributed by atoms with Gasteiger partial charge in [-0.2, -0.15) is 5.26 Å². The van der Waals surface area contributed by atoms with Gasteiger partial charge in [0, 0.05) is 25.8 Å². The number of anilines is 1. The van der Waals surface area contributed by atoms with Gasteiger partial charge in [0.25, 0.3) is 0 Å². The van der Waals surface area contributed by atoms with E-state index >= 15 is 0 Å². The van der Waals surface area contributed by atoms with Gasteiger partial charge in [0.05, 0.1) is 11.6 Å². The van der Waals surface area contributed by atoms with Gasteiger partial charge in [0.15, 0.2) is 0 Å². The van der Waals surface area contributed by atoms with Crippen LogP contribution in [0.5, 0.6) is 0 Å². The molecular weight excluding hydrogens is 343 g/mol. The number of rotatable bonds is 1. The van der Waals surface area contributed by atoms with Crippen molar-refractivity contribution in [2.45, 2.75) is 19.3 Å². The maximum absolute atomic E-state index is 13.1. The summed E-state index contributed by atoms with van der Waals surface area (Å²) in [5.41, 5.74) is 3.45. The number of hydrogen-bond acceptors (Lipinski definition) is 3. The first kappa shape index (κ1) is 17.2. The Kier molecular flexibility index (Phi) is 4.59. The highest BCUT2D eigenvalue weighted by molar-refractivity contribution is 5.93. The number of nitrogens with zero attached hydrogens (tertiary/aromatic N) is 4. The van der Waals surface area contributed by atoms with Gasteiger partial charge < -0.3 is 4.90 Å². The van der Waals surface area contributed by atoms with E-state index in [9.17, 15) is 14.4 Å². The largest absolute Gasteiger partial charge is 0.325 e. The topological polar surface area (TPSA) is 60.2 Å². The van der Waals surface area contributed by atoms with Crippen LogP contribution in [0.25, 0.3) is 5.57 Å². The molecule has 0 unspecified atom stereocenters.